The van der Waals surface area contributed by atoms with Gasteiger partial charge in [-0.25, -0.2) is 0 Å². The van der Waals surface area contributed by atoms with E-state index in [0.717, 1.165) is 11.3 Å². The van der Waals surface area contributed by atoms with Crippen LogP contribution in [-0.2, 0) is 4.74 Å². The number of ether oxygens (including phenoxy) is 1. The van der Waals surface area contributed by atoms with Gasteiger partial charge in [0.25, 0.3) is 0 Å². The van der Waals surface area contributed by atoms with E-state index in [2.05, 4.69) is 0 Å². The Balaban J connectivity index is 4.29. The molecule has 2 N–H and O–H groups in total. The Labute approximate surface area is 62.4 Å². The van der Waals surface area contributed by atoms with Crippen LogP contribution >= 0.6 is 0 Å². The summed E-state index contributed by atoms with van der Waals surface area (Å²) in [4.78, 5) is 0. The van der Waals surface area contributed by atoms with Gasteiger partial charge in [-0.2, -0.15) is 0 Å². The van der Waals surface area contributed by atoms with E-state index in [9.17, 15) is 0 Å². The molecule has 0 aromatic heterocycles. The largest absolute Gasteiger partial charge is 0.497 e. The first-order valence-electron chi connectivity index (χ1n) is 3.32. The predicted octanol–water partition coefficient (Wildman–Crippen LogP) is 1.44. The first-order chi connectivity index (χ1) is 4.76. The molecule has 0 aliphatic rings. The fourth-order valence-corrected chi connectivity index (χ4v) is 0.636. The highest BCUT2D eigenvalue weighted by atomic mass is 16.5. The molecule has 0 unspecified atom stereocenters. The standard InChI is InChI=1S/C8H15NO/c1-4-5-8(10-3)7(2)6-9/h4-5H,6,9H2,1-3H3. The topological polar surface area (TPSA) is 35.2 Å². The third kappa shape index (κ3) is 2.69. The van der Waals surface area contributed by atoms with Crippen molar-refractivity contribution in [1.29, 1.82) is 0 Å². The average Bonchev–Trinajstić information content (AvgIpc) is 1.99. The van der Waals surface area contributed by atoms with Crippen molar-refractivity contribution in [3.8, 4) is 0 Å². The lowest BCUT2D eigenvalue weighted by Crippen LogP contribution is -2.03. The van der Waals surface area contributed by atoms with E-state index in [0.29, 0.717) is 6.54 Å². The van der Waals surface area contributed by atoms with Crippen molar-refractivity contribution in [3.63, 3.8) is 0 Å². The van der Waals surface area contributed by atoms with E-state index in [1.54, 1.807) is 7.11 Å². The molecule has 0 aliphatic carbocycles. The summed E-state index contributed by atoms with van der Waals surface area (Å²) in [6.07, 6.45) is 3.83. The maximum atomic E-state index is 5.41. The Morgan fingerprint density at radius 3 is 2.50 bits per heavy atom. The van der Waals surface area contributed by atoms with Gasteiger partial charge >= 0.3 is 0 Å². The average molecular weight is 141 g/mol. The van der Waals surface area contributed by atoms with Crippen LogP contribution in [0.4, 0.5) is 0 Å². The van der Waals surface area contributed by atoms with Crippen LogP contribution in [0.2, 0.25) is 0 Å². The summed E-state index contributed by atoms with van der Waals surface area (Å²) in [5, 5.41) is 0. The zero-order valence-electron chi connectivity index (χ0n) is 6.85. The summed E-state index contributed by atoms with van der Waals surface area (Å²) in [6, 6.07) is 0. The van der Waals surface area contributed by atoms with Crippen molar-refractivity contribution < 1.29 is 4.74 Å². The number of methoxy groups -OCH3 is 1. The lowest BCUT2D eigenvalue weighted by atomic mass is 10.2. The molecule has 0 radical (unpaired) electrons. The monoisotopic (exact) mass is 141 g/mol. The summed E-state index contributed by atoms with van der Waals surface area (Å²) >= 11 is 0. The van der Waals surface area contributed by atoms with Crippen LogP contribution in [0.25, 0.3) is 0 Å². The number of nitrogens with two attached hydrogens (primary N) is 1. The van der Waals surface area contributed by atoms with Crippen LogP contribution in [0.3, 0.4) is 0 Å². The minimum atomic E-state index is 0.549. The minimum absolute atomic E-state index is 0.549. The van der Waals surface area contributed by atoms with Gasteiger partial charge in [0.15, 0.2) is 0 Å². The minimum Gasteiger partial charge on any atom is -0.497 e. The van der Waals surface area contributed by atoms with Crippen LogP contribution in [0.15, 0.2) is 23.5 Å². The van der Waals surface area contributed by atoms with Gasteiger partial charge in [-0.3, -0.25) is 0 Å². The first-order valence-corrected chi connectivity index (χ1v) is 3.32. The van der Waals surface area contributed by atoms with Gasteiger partial charge < -0.3 is 10.5 Å². The van der Waals surface area contributed by atoms with Crippen LogP contribution < -0.4 is 5.73 Å². The highest BCUT2D eigenvalue weighted by Crippen LogP contribution is 2.04. The number of rotatable bonds is 3. The van der Waals surface area contributed by atoms with Crippen LogP contribution in [0, 0.1) is 0 Å². The molecule has 0 amide bonds. The Bertz CT molecular complexity index is 147. The second-order valence-corrected chi connectivity index (χ2v) is 2.05. The Morgan fingerprint density at radius 1 is 1.60 bits per heavy atom. The molecule has 10 heavy (non-hydrogen) atoms. The van der Waals surface area contributed by atoms with Gasteiger partial charge in [-0.1, -0.05) is 6.08 Å². The molecular formula is C8H15NO. The lowest BCUT2D eigenvalue weighted by Gasteiger charge is -2.03. The zero-order valence-corrected chi connectivity index (χ0v) is 6.85. The van der Waals surface area contributed by atoms with E-state index in [1.165, 1.54) is 0 Å². The normalized spacial score (nSPS) is 13.6. The molecule has 0 bridgehead atoms. The molecule has 58 valence electrons. The van der Waals surface area contributed by atoms with Gasteiger partial charge in [0, 0.05) is 6.54 Å². The quantitative estimate of drug-likeness (QED) is 0.477. The predicted molar refractivity (Wildman–Crippen MR) is 43.6 cm³/mol. The fraction of sp³-hybridized carbons (Fsp3) is 0.500. The van der Waals surface area contributed by atoms with Crippen molar-refractivity contribution in [3.05, 3.63) is 23.5 Å². The summed E-state index contributed by atoms with van der Waals surface area (Å²) in [6.45, 7) is 4.45. The Kier molecular flexibility index (Phi) is 4.67. The molecule has 0 atom stereocenters. The molecule has 2 nitrogen and oxygen atoms in total. The molecule has 0 heterocycles. The molecular weight excluding hydrogens is 126 g/mol. The third-order valence-electron chi connectivity index (χ3n) is 1.26. The Hall–Kier alpha value is -0.760. The molecule has 0 aliphatic heterocycles. The summed E-state index contributed by atoms with van der Waals surface area (Å²) in [7, 11) is 1.65. The summed E-state index contributed by atoms with van der Waals surface area (Å²) < 4.78 is 5.06. The molecule has 0 fully saturated rings. The third-order valence-corrected chi connectivity index (χ3v) is 1.26. The smallest absolute Gasteiger partial charge is 0.118 e. The fourth-order valence-electron chi connectivity index (χ4n) is 0.636. The van der Waals surface area contributed by atoms with Crippen molar-refractivity contribution in [1.82, 2.24) is 0 Å². The van der Waals surface area contributed by atoms with E-state index < -0.39 is 0 Å². The second-order valence-electron chi connectivity index (χ2n) is 2.05. The molecule has 0 aromatic carbocycles. The molecule has 2 heteroatoms. The number of allylic oxidation sites excluding steroid dienone is 2. The van der Waals surface area contributed by atoms with Crippen LogP contribution in [0.1, 0.15) is 13.8 Å². The number of hydrogen-bond acceptors (Lipinski definition) is 2. The summed E-state index contributed by atoms with van der Waals surface area (Å²) in [5.41, 5.74) is 6.48. The highest BCUT2D eigenvalue weighted by Gasteiger charge is 1.93. The van der Waals surface area contributed by atoms with Gasteiger partial charge in [0.05, 0.1) is 7.11 Å². The van der Waals surface area contributed by atoms with Crippen molar-refractivity contribution in [2.24, 2.45) is 5.73 Å². The van der Waals surface area contributed by atoms with Crippen molar-refractivity contribution >= 4 is 0 Å². The van der Waals surface area contributed by atoms with Crippen LogP contribution in [0.5, 0.6) is 0 Å². The van der Waals surface area contributed by atoms with E-state index in [-0.39, 0.29) is 0 Å². The molecule has 0 aromatic rings. The van der Waals surface area contributed by atoms with Crippen molar-refractivity contribution in [2.45, 2.75) is 13.8 Å². The maximum Gasteiger partial charge on any atom is 0.118 e. The molecule has 0 spiro atoms. The SMILES string of the molecule is CC=CC(OC)=C(C)CN. The molecule has 0 saturated carbocycles. The van der Waals surface area contributed by atoms with Gasteiger partial charge in [0.1, 0.15) is 5.76 Å². The zero-order chi connectivity index (χ0) is 7.98. The highest BCUT2D eigenvalue weighted by molar-refractivity contribution is 5.18. The van der Waals surface area contributed by atoms with E-state index in [1.807, 2.05) is 26.0 Å². The van der Waals surface area contributed by atoms with Gasteiger partial charge in [-0.05, 0) is 25.5 Å². The lowest BCUT2D eigenvalue weighted by molar-refractivity contribution is 0.302. The molecule has 0 rings (SSSR count). The Morgan fingerprint density at radius 2 is 2.20 bits per heavy atom. The second kappa shape index (κ2) is 5.06. The van der Waals surface area contributed by atoms with Crippen molar-refractivity contribution in [2.75, 3.05) is 13.7 Å². The maximum absolute atomic E-state index is 5.41. The van der Waals surface area contributed by atoms with Gasteiger partial charge in [0.2, 0.25) is 0 Å². The molecule has 0 saturated heterocycles. The van der Waals surface area contributed by atoms with Crippen LogP contribution in [-0.4, -0.2) is 13.7 Å². The first kappa shape index (κ1) is 9.24. The van der Waals surface area contributed by atoms with E-state index in [4.69, 9.17) is 10.5 Å². The summed E-state index contributed by atoms with van der Waals surface area (Å²) in [5.74, 6) is 0.866. The number of hydrogen-bond donors (Lipinski definition) is 1. The van der Waals surface area contributed by atoms with Gasteiger partial charge in [-0.15, -0.1) is 0 Å². The van der Waals surface area contributed by atoms with E-state index >= 15 is 0 Å².